The Morgan fingerprint density at radius 3 is 2.72 bits per heavy atom. The fourth-order valence-electron chi connectivity index (χ4n) is 2.69. The van der Waals surface area contributed by atoms with Crippen molar-refractivity contribution >= 4 is 6.21 Å². The molecule has 0 saturated heterocycles. The fourth-order valence-corrected chi connectivity index (χ4v) is 2.69. The van der Waals surface area contributed by atoms with E-state index < -0.39 is 0 Å². The van der Waals surface area contributed by atoms with Crippen LogP contribution in [0.3, 0.4) is 0 Å². The highest BCUT2D eigenvalue weighted by Crippen LogP contribution is 2.28. The fraction of sp³-hybridized carbons (Fsp3) is 0.0455. The summed E-state index contributed by atoms with van der Waals surface area (Å²) >= 11 is 0. The smallest absolute Gasteiger partial charge is 0.110 e. The molecule has 1 aliphatic rings. The van der Waals surface area contributed by atoms with E-state index in [1.165, 1.54) is 0 Å². The van der Waals surface area contributed by atoms with E-state index in [2.05, 4.69) is 34.2 Å². The molecule has 1 aliphatic heterocycles. The lowest BCUT2D eigenvalue weighted by Crippen LogP contribution is -1.99. The molecular formula is C22H15N3. The van der Waals surface area contributed by atoms with Gasteiger partial charge in [-0.15, -0.1) is 0 Å². The molecule has 118 valence electrons. The van der Waals surface area contributed by atoms with Crippen molar-refractivity contribution in [3.63, 3.8) is 0 Å². The number of hydrogen-bond acceptors (Lipinski definition) is 3. The summed E-state index contributed by atoms with van der Waals surface area (Å²) in [6, 6.07) is 21.6. The zero-order valence-corrected chi connectivity index (χ0v) is 13.5. The van der Waals surface area contributed by atoms with E-state index >= 15 is 0 Å². The number of nitrogens with zero attached hydrogens (tertiary/aromatic N) is 3. The van der Waals surface area contributed by atoms with E-state index in [9.17, 15) is 0 Å². The molecule has 1 unspecified atom stereocenters. The van der Waals surface area contributed by atoms with Crippen LogP contribution >= 0.6 is 0 Å². The van der Waals surface area contributed by atoms with Crippen molar-refractivity contribution in [1.29, 1.82) is 0 Å². The molecule has 3 heteroatoms. The van der Waals surface area contributed by atoms with E-state index in [-0.39, 0.29) is 6.04 Å². The van der Waals surface area contributed by atoms with Crippen LogP contribution in [0, 0.1) is 12.1 Å². The van der Waals surface area contributed by atoms with Gasteiger partial charge in [-0.1, -0.05) is 36.4 Å². The van der Waals surface area contributed by atoms with Gasteiger partial charge in [-0.2, -0.15) is 0 Å². The molecule has 0 aliphatic carbocycles. The summed E-state index contributed by atoms with van der Waals surface area (Å²) in [5.41, 5.74) is 4.71. The number of pyridine rings is 2. The molecule has 3 aromatic rings. The zero-order valence-electron chi connectivity index (χ0n) is 13.5. The lowest BCUT2D eigenvalue weighted by atomic mass is 10.0. The highest BCUT2D eigenvalue weighted by atomic mass is 14.9. The first-order valence-corrected chi connectivity index (χ1v) is 8.08. The van der Waals surface area contributed by atoms with Crippen LogP contribution in [-0.2, 0) is 0 Å². The third-order valence-electron chi connectivity index (χ3n) is 3.91. The van der Waals surface area contributed by atoms with Gasteiger partial charge in [0, 0.05) is 12.4 Å². The Morgan fingerprint density at radius 2 is 1.88 bits per heavy atom. The molecule has 3 nitrogen and oxygen atoms in total. The molecular weight excluding hydrogens is 306 g/mol. The van der Waals surface area contributed by atoms with Gasteiger partial charge in [0.05, 0.1) is 17.1 Å². The molecule has 2 aromatic heterocycles. The summed E-state index contributed by atoms with van der Waals surface area (Å²) in [5.74, 6) is 0. The second-order valence-corrected chi connectivity index (χ2v) is 5.62. The second-order valence-electron chi connectivity index (χ2n) is 5.62. The third kappa shape index (κ3) is 3.39. The number of hydrogen-bond donors (Lipinski definition) is 0. The van der Waals surface area contributed by atoms with Gasteiger partial charge in [0.2, 0.25) is 0 Å². The Kier molecular flexibility index (Phi) is 4.18. The van der Waals surface area contributed by atoms with Crippen LogP contribution in [0.4, 0.5) is 0 Å². The minimum Gasteiger partial charge on any atom is -0.279 e. The minimum atomic E-state index is -0.114. The van der Waals surface area contributed by atoms with Gasteiger partial charge >= 0.3 is 0 Å². The first-order valence-electron chi connectivity index (χ1n) is 8.08. The summed E-state index contributed by atoms with van der Waals surface area (Å²) in [5, 5.41) is 0. The lowest BCUT2D eigenvalue weighted by Gasteiger charge is -2.12. The normalized spacial score (nSPS) is 15.6. The van der Waals surface area contributed by atoms with Gasteiger partial charge in [-0.25, -0.2) is 4.98 Å². The van der Waals surface area contributed by atoms with Gasteiger partial charge in [0.1, 0.15) is 6.04 Å². The van der Waals surface area contributed by atoms with Crippen LogP contribution in [-0.4, -0.2) is 16.2 Å². The molecule has 0 bridgehead atoms. The van der Waals surface area contributed by atoms with Crippen molar-refractivity contribution in [1.82, 2.24) is 9.97 Å². The lowest BCUT2D eigenvalue weighted by molar-refractivity contribution is 0.872. The predicted molar refractivity (Wildman–Crippen MR) is 100 cm³/mol. The SMILES string of the molecule is c1ccc(-c2cc(-c3ccccn3)nc(C3C=CC=CC=N3)c2)cc#1. The highest BCUT2D eigenvalue weighted by molar-refractivity contribution is 5.73. The molecule has 25 heavy (non-hydrogen) atoms. The molecule has 0 spiro atoms. The molecule has 0 fully saturated rings. The molecule has 3 heterocycles. The summed E-state index contributed by atoms with van der Waals surface area (Å²) in [6.07, 6.45) is 11.5. The monoisotopic (exact) mass is 321 g/mol. The van der Waals surface area contributed by atoms with Gasteiger partial charge in [-0.3, -0.25) is 9.98 Å². The van der Waals surface area contributed by atoms with Crippen molar-refractivity contribution in [3.8, 4) is 22.5 Å². The van der Waals surface area contributed by atoms with Crippen LogP contribution in [0.1, 0.15) is 11.7 Å². The Labute approximate surface area is 147 Å². The highest BCUT2D eigenvalue weighted by Gasteiger charge is 2.13. The van der Waals surface area contributed by atoms with Crippen LogP contribution < -0.4 is 0 Å². The van der Waals surface area contributed by atoms with Crippen molar-refractivity contribution in [2.45, 2.75) is 6.04 Å². The molecule has 0 amide bonds. The van der Waals surface area contributed by atoms with Gasteiger partial charge in [-0.05, 0) is 59.7 Å². The summed E-state index contributed by atoms with van der Waals surface area (Å²) in [7, 11) is 0. The van der Waals surface area contributed by atoms with E-state index in [0.717, 1.165) is 28.2 Å². The van der Waals surface area contributed by atoms with Gasteiger partial charge < -0.3 is 0 Å². The first-order chi connectivity index (χ1) is 12.4. The quantitative estimate of drug-likeness (QED) is 0.704. The number of aliphatic imine (C=N–C) groups is 1. The Balaban J connectivity index is 1.86. The maximum Gasteiger partial charge on any atom is 0.110 e. The molecule has 1 atom stereocenters. The summed E-state index contributed by atoms with van der Waals surface area (Å²) in [4.78, 5) is 13.8. The van der Waals surface area contributed by atoms with Crippen LogP contribution in [0.15, 0.2) is 84.0 Å². The molecule has 0 radical (unpaired) electrons. The first kappa shape index (κ1) is 15.0. The number of rotatable bonds is 3. The Morgan fingerprint density at radius 1 is 0.880 bits per heavy atom. The van der Waals surface area contributed by atoms with Crippen LogP contribution in [0.2, 0.25) is 0 Å². The maximum absolute atomic E-state index is 4.82. The van der Waals surface area contributed by atoms with Crippen molar-refractivity contribution < 1.29 is 0 Å². The van der Waals surface area contributed by atoms with E-state index in [1.54, 1.807) is 6.20 Å². The number of allylic oxidation sites excluding steroid dienone is 3. The molecule has 4 rings (SSSR count). The maximum atomic E-state index is 4.82. The summed E-state index contributed by atoms with van der Waals surface area (Å²) in [6.45, 7) is 0. The molecule has 0 saturated carbocycles. The van der Waals surface area contributed by atoms with Crippen molar-refractivity contribution in [3.05, 3.63) is 96.9 Å². The van der Waals surface area contributed by atoms with Crippen molar-refractivity contribution in [2.24, 2.45) is 4.99 Å². The minimum absolute atomic E-state index is 0.114. The van der Waals surface area contributed by atoms with Gasteiger partial charge in [0.15, 0.2) is 0 Å². The van der Waals surface area contributed by atoms with Gasteiger partial charge in [0.25, 0.3) is 0 Å². The van der Waals surface area contributed by atoms with Crippen molar-refractivity contribution in [2.75, 3.05) is 0 Å². The predicted octanol–water partition coefficient (Wildman–Crippen LogP) is 4.65. The van der Waals surface area contributed by atoms with Crippen LogP contribution in [0.5, 0.6) is 0 Å². The van der Waals surface area contributed by atoms with E-state index in [0.29, 0.717) is 0 Å². The Hall–Kier alpha value is -3.51. The Bertz CT molecular complexity index is 868. The van der Waals surface area contributed by atoms with E-state index in [4.69, 9.17) is 4.98 Å². The molecule has 1 aromatic carbocycles. The standard InChI is InChI=1S/C22H15N3/c1-3-9-17(10-4-1)18-15-21(19-11-5-2-7-13-23-19)25-22(16-18)20-12-6-8-14-24-20/h2-3,5-16,19H. The number of aromatic nitrogens is 2. The van der Waals surface area contributed by atoms with E-state index in [1.807, 2.05) is 66.9 Å². The topological polar surface area (TPSA) is 38.1 Å². The van der Waals surface area contributed by atoms with Crippen LogP contribution in [0.25, 0.3) is 22.5 Å². The largest absolute Gasteiger partial charge is 0.279 e. The average molecular weight is 321 g/mol. The average Bonchev–Trinajstić information content (AvgIpc) is 2.99. The summed E-state index contributed by atoms with van der Waals surface area (Å²) < 4.78 is 0. The molecule has 0 N–H and O–H groups in total. The second kappa shape index (κ2) is 6.94. The zero-order chi connectivity index (χ0) is 16.9. The third-order valence-corrected chi connectivity index (χ3v) is 3.91.